The molecule has 1 saturated carbocycles. The molecule has 1 aromatic heterocycles. The summed E-state index contributed by atoms with van der Waals surface area (Å²) in [5, 5.41) is 6.53. The number of hydrogen-bond acceptors (Lipinski definition) is 6. The molecular formula is C30H36N4O3. The average Bonchev–Trinajstić information content (AvgIpc) is 2.91. The molecule has 37 heavy (non-hydrogen) atoms. The van der Waals surface area contributed by atoms with Gasteiger partial charge in [0, 0.05) is 42.2 Å². The Morgan fingerprint density at radius 1 is 1.05 bits per heavy atom. The molecule has 2 N–H and O–H groups in total. The molecule has 7 nitrogen and oxygen atoms in total. The molecule has 0 radical (unpaired) electrons. The van der Waals surface area contributed by atoms with Gasteiger partial charge in [-0.25, -0.2) is 4.98 Å². The summed E-state index contributed by atoms with van der Waals surface area (Å²) in [6.45, 7) is 5.96. The Labute approximate surface area is 219 Å². The Balaban J connectivity index is 1.57. The molecule has 7 heteroatoms. The van der Waals surface area contributed by atoms with Crippen LogP contribution in [0.25, 0.3) is 0 Å². The number of aromatic nitrogens is 1. The van der Waals surface area contributed by atoms with Crippen LogP contribution in [0.2, 0.25) is 0 Å². The number of Topliss-reactive ketones (excluding diaryl/α,β-unsaturated/α-hetero) is 1. The van der Waals surface area contributed by atoms with Gasteiger partial charge in [-0.05, 0) is 69.5 Å². The van der Waals surface area contributed by atoms with Crippen molar-refractivity contribution in [2.24, 2.45) is 0 Å². The van der Waals surface area contributed by atoms with E-state index < -0.39 is 0 Å². The topological polar surface area (TPSA) is 83.6 Å². The number of pyridine rings is 1. The second-order valence-electron chi connectivity index (χ2n) is 9.57. The van der Waals surface area contributed by atoms with Crippen molar-refractivity contribution < 1.29 is 14.3 Å². The molecular weight excluding hydrogens is 464 g/mol. The van der Waals surface area contributed by atoms with E-state index >= 15 is 0 Å². The van der Waals surface area contributed by atoms with Gasteiger partial charge in [-0.15, -0.1) is 0 Å². The molecule has 3 aromatic rings. The first-order valence-electron chi connectivity index (χ1n) is 13.0. The van der Waals surface area contributed by atoms with Gasteiger partial charge in [-0.3, -0.25) is 9.59 Å². The van der Waals surface area contributed by atoms with Gasteiger partial charge in [0.15, 0.2) is 5.78 Å². The van der Waals surface area contributed by atoms with Crippen LogP contribution in [0.1, 0.15) is 72.2 Å². The molecule has 1 aliphatic rings. The third-order valence-corrected chi connectivity index (χ3v) is 6.83. The van der Waals surface area contributed by atoms with Crippen LogP contribution in [0.15, 0.2) is 54.7 Å². The first kappa shape index (κ1) is 26.2. The van der Waals surface area contributed by atoms with Gasteiger partial charge in [0.2, 0.25) is 0 Å². The van der Waals surface area contributed by atoms with E-state index in [-0.39, 0.29) is 17.7 Å². The molecule has 194 valence electrons. The average molecular weight is 501 g/mol. The van der Waals surface area contributed by atoms with Gasteiger partial charge in [0.05, 0.1) is 18.0 Å². The van der Waals surface area contributed by atoms with Gasteiger partial charge in [-0.1, -0.05) is 31.4 Å². The van der Waals surface area contributed by atoms with E-state index in [0.29, 0.717) is 29.3 Å². The van der Waals surface area contributed by atoms with Crippen molar-refractivity contribution in [3.8, 4) is 5.75 Å². The second kappa shape index (κ2) is 11.9. The molecule has 2 aromatic carbocycles. The van der Waals surface area contributed by atoms with Gasteiger partial charge in [0.1, 0.15) is 11.6 Å². The molecule has 0 unspecified atom stereocenters. The minimum Gasteiger partial charge on any atom is -0.492 e. The summed E-state index contributed by atoms with van der Waals surface area (Å²) in [6, 6.07) is 15.2. The van der Waals surface area contributed by atoms with Crippen LogP contribution in [0.3, 0.4) is 0 Å². The summed E-state index contributed by atoms with van der Waals surface area (Å²) in [5.41, 5.74) is 4.71. The Morgan fingerprint density at radius 3 is 2.54 bits per heavy atom. The number of nitrogens with zero attached hydrogens (tertiary/aromatic N) is 2. The summed E-state index contributed by atoms with van der Waals surface area (Å²) >= 11 is 0. The summed E-state index contributed by atoms with van der Waals surface area (Å²) in [5.74, 6) is 1.17. The number of amides is 1. The predicted octanol–water partition coefficient (Wildman–Crippen LogP) is 6.57. The van der Waals surface area contributed by atoms with E-state index in [1.165, 1.54) is 19.3 Å². The smallest absolute Gasteiger partial charge is 0.251 e. The van der Waals surface area contributed by atoms with E-state index in [0.717, 1.165) is 35.5 Å². The fourth-order valence-electron chi connectivity index (χ4n) is 4.83. The lowest BCUT2D eigenvalue weighted by atomic mass is 9.95. The number of aryl methyl sites for hydroxylation is 1. The quantitative estimate of drug-likeness (QED) is 0.324. The van der Waals surface area contributed by atoms with Crippen LogP contribution in [0.5, 0.6) is 5.75 Å². The minimum absolute atomic E-state index is 0.0153. The van der Waals surface area contributed by atoms with Crippen LogP contribution in [0, 0.1) is 6.92 Å². The highest BCUT2D eigenvalue weighted by Gasteiger charge is 2.19. The lowest BCUT2D eigenvalue weighted by molar-refractivity contribution is 0.0926. The highest BCUT2D eigenvalue weighted by molar-refractivity contribution is 6.00. The summed E-state index contributed by atoms with van der Waals surface area (Å²) in [7, 11) is 1.94. The van der Waals surface area contributed by atoms with Crippen molar-refractivity contribution >= 4 is 34.6 Å². The number of carbonyl (C=O) groups is 2. The highest BCUT2D eigenvalue weighted by Crippen LogP contribution is 2.34. The summed E-state index contributed by atoms with van der Waals surface area (Å²) in [6.07, 6.45) is 7.46. The molecule has 0 saturated heterocycles. The summed E-state index contributed by atoms with van der Waals surface area (Å²) in [4.78, 5) is 31.6. The molecule has 1 heterocycles. The number of nitrogens with one attached hydrogen (secondary N) is 2. The van der Waals surface area contributed by atoms with Gasteiger partial charge in [0.25, 0.3) is 5.91 Å². The zero-order valence-electron chi connectivity index (χ0n) is 22.1. The van der Waals surface area contributed by atoms with Crippen molar-refractivity contribution in [2.75, 3.05) is 23.9 Å². The van der Waals surface area contributed by atoms with Crippen molar-refractivity contribution in [3.05, 3.63) is 71.4 Å². The second-order valence-corrected chi connectivity index (χ2v) is 9.57. The summed E-state index contributed by atoms with van der Waals surface area (Å²) < 4.78 is 5.88. The normalized spacial score (nSPS) is 13.6. The Bertz CT molecular complexity index is 1270. The molecule has 0 spiro atoms. The number of benzene rings is 2. The van der Waals surface area contributed by atoms with E-state index in [1.54, 1.807) is 19.2 Å². The number of ether oxygens (including phenoxy) is 1. The monoisotopic (exact) mass is 500 g/mol. The van der Waals surface area contributed by atoms with Gasteiger partial charge < -0.3 is 20.3 Å². The minimum atomic E-state index is -0.0686. The fourth-order valence-corrected chi connectivity index (χ4v) is 4.83. The molecule has 0 atom stereocenters. The number of rotatable bonds is 9. The Kier molecular flexibility index (Phi) is 8.43. The van der Waals surface area contributed by atoms with E-state index in [9.17, 15) is 9.59 Å². The Morgan fingerprint density at radius 2 is 1.81 bits per heavy atom. The van der Waals surface area contributed by atoms with E-state index in [1.807, 2.05) is 68.3 Å². The standard InChI is InChI=1S/C30H36N4O3/c1-5-37-28-17-22(30(36)32-23-11-7-6-8-12-23)15-16-25(28)33-29-18-27(20(2)19-31-29)34(4)26-14-10-9-13-24(26)21(3)35/h9-10,13-19,23H,5-8,11-12H2,1-4H3,(H,31,33)(H,32,36). The molecule has 1 amide bonds. The SMILES string of the molecule is CCOc1cc(C(=O)NC2CCCCC2)ccc1Nc1cc(N(C)c2ccccc2C(C)=O)c(C)cn1. The number of carbonyl (C=O) groups excluding carboxylic acids is 2. The maximum absolute atomic E-state index is 12.9. The van der Waals surface area contributed by atoms with Gasteiger partial charge >= 0.3 is 0 Å². The maximum Gasteiger partial charge on any atom is 0.251 e. The van der Waals surface area contributed by atoms with Crippen LogP contribution in [-0.2, 0) is 0 Å². The molecule has 1 fully saturated rings. The van der Waals surface area contributed by atoms with Crippen LogP contribution < -0.4 is 20.3 Å². The van der Waals surface area contributed by atoms with Crippen molar-refractivity contribution in [3.63, 3.8) is 0 Å². The van der Waals surface area contributed by atoms with E-state index in [2.05, 4.69) is 15.6 Å². The third-order valence-electron chi connectivity index (χ3n) is 6.83. The van der Waals surface area contributed by atoms with Crippen LogP contribution in [-0.4, -0.2) is 36.4 Å². The first-order valence-corrected chi connectivity index (χ1v) is 13.0. The van der Waals surface area contributed by atoms with Gasteiger partial charge in [-0.2, -0.15) is 0 Å². The molecule has 0 aliphatic heterocycles. The third kappa shape index (κ3) is 6.28. The largest absolute Gasteiger partial charge is 0.492 e. The number of ketones is 1. The number of anilines is 4. The number of para-hydroxylation sites is 1. The van der Waals surface area contributed by atoms with E-state index in [4.69, 9.17) is 4.74 Å². The fraction of sp³-hybridized carbons (Fsp3) is 0.367. The zero-order valence-corrected chi connectivity index (χ0v) is 22.1. The first-order chi connectivity index (χ1) is 17.9. The molecule has 4 rings (SSSR count). The maximum atomic E-state index is 12.9. The molecule has 0 bridgehead atoms. The molecule has 1 aliphatic carbocycles. The highest BCUT2D eigenvalue weighted by atomic mass is 16.5. The number of hydrogen-bond donors (Lipinski definition) is 2. The Hall–Kier alpha value is -3.87. The van der Waals surface area contributed by atoms with Crippen LogP contribution >= 0.6 is 0 Å². The zero-order chi connectivity index (χ0) is 26.4. The van der Waals surface area contributed by atoms with Crippen LogP contribution in [0.4, 0.5) is 22.9 Å². The van der Waals surface area contributed by atoms with Crippen molar-refractivity contribution in [1.29, 1.82) is 0 Å². The van der Waals surface area contributed by atoms with Crippen molar-refractivity contribution in [1.82, 2.24) is 10.3 Å². The lowest BCUT2D eigenvalue weighted by Gasteiger charge is -2.24. The predicted molar refractivity (Wildman–Crippen MR) is 149 cm³/mol. The van der Waals surface area contributed by atoms with Crippen molar-refractivity contribution in [2.45, 2.75) is 58.9 Å². The lowest BCUT2D eigenvalue weighted by Crippen LogP contribution is -2.36.